The minimum absolute atomic E-state index is 0.703. The van der Waals surface area contributed by atoms with Crippen molar-refractivity contribution in [3.63, 3.8) is 0 Å². The number of hydrogen-bond acceptors (Lipinski definition) is 3. The predicted molar refractivity (Wildman–Crippen MR) is 73.2 cm³/mol. The van der Waals surface area contributed by atoms with E-state index in [0.717, 1.165) is 10.7 Å². The fraction of sp³-hybridized carbons (Fsp3) is 0.357. The Morgan fingerprint density at radius 3 is 2.53 bits per heavy atom. The topological polar surface area (TPSA) is 38.9 Å². The molecule has 1 saturated carbocycles. The lowest BCUT2D eigenvalue weighted by atomic mass is 10.1. The molecule has 1 aliphatic carbocycles. The van der Waals surface area contributed by atoms with Gasteiger partial charge in [-0.25, -0.2) is 4.98 Å². The molecular formula is C14H16N2S. The van der Waals surface area contributed by atoms with Gasteiger partial charge in [-0.15, -0.1) is 11.3 Å². The number of nitrogen functional groups attached to an aromatic ring is 1. The second-order valence-electron chi connectivity index (χ2n) is 4.68. The third-order valence-electron chi connectivity index (χ3n) is 3.45. The fourth-order valence-electron chi connectivity index (χ4n) is 2.45. The van der Waals surface area contributed by atoms with E-state index in [2.05, 4.69) is 5.38 Å². The van der Waals surface area contributed by atoms with E-state index in [9.17, 15) is 0 Å². The summed E-state index contributed by atoms with van der Waals surface area (Å²) in [4.78, 5) is 4.77. The SMILES string of the molecule is Nc1ccc(-c2nc(C3CCCC3)cs2)cc1. The van der Waals surface area contributed by atoms with Crippen molar-refractivity contribution in [1.82, 2.24) is 4.98 Å². The van der Waals surface area contributed by atoms with E-state index in [0.29, 0.717) is 5.92 Å². The largest absolute Gasteiger partial charge is 0.399 e. The molecule has 17 heavy (non-hydrogen) atoms. The van der Waals surface area contributed by atoms with Gasteiger partial charge in [0.05, 0.1) is 5.69 Å². The van der Waals surface area contributed by atoms with Crippen molar-refractivity contribution in [3.8, 4) is 10.6 Å². The lowest BCUT2D eigenvalue weighted by Gasteiger charge is -2.03. The number of hydrogen-bond donors (Lipinski definition) is 1. The Labute approximate surface area is 106 Å². The standard InChI is InChI=1S/C14H16N2S/c15-12-7-5-11(6-8-12)14-16-13(9-17-14)10-3-1-2-4-10/h5-10H,1-4,15H2. The number of thiazole rings is 1. The Hall–Kier alpha value is -1.35. The van der Waals surface area contributed by atoms with Crippen LogP contribution in [0.2, 0.25) is 0 Å². The van der Waals surface area contributed by atoms with Gasteiger partial charge in [-0.3, -0.25) is 0 Å². The number of nitrogens with two attached hydrogens (primary N) is 1. The lowest BCUT2D eigenvalue weighted by Crippen LogP contribution is -1.92. The third kappa shape index (κ3) is 2.20. The summed E-state index contributed by atoms with van der Waals surface area (Å²) in [7, 11) is 0. The van der Waals surface area contributed by atoms with Crippen LogP contribution in [0.4, 0.5) is 5.69 Å². The maximum atomic E-state index is 5.69. The highest BCUT2D eigenvalue weighted by atomic mass is 32.1. The van der Waals surface area contributed by atoms with Gasteiger partial charge in [0, 0.05) is 22.5 Å². The van der Waals surface area contributed by atoms with E-state index in [1.165, 1.54) is 36.9 Å². The monoisotopic (exact) mass is 244 g/mol. The molecule has 1 aliphatic rings. The van der Waals surface area contributed by atoms with E-state index < -0.39 is 0 Å². The van der Waals surface area contributed by atoms with Gasteiger partial charge in [0.1, 0.15) is 5.01 Å². The Bertz CT molecular complexity index is 495. The highest BCUT2D eigenvalue weighted by molar-refractivity contribution is 7.13. The maximum absolute atomic E-state index is 5.69. The molecule has 0 atom stereocenters. The van der Waals surface area contributed by atoms with Crippen LogP contribution in [0, 0.1) is 0 Å². The van der Waals surface area contributed by atoms with Crippen molar-refractivity contribution in [3.05, 3.63) is 35.3 Å². The summed E-state index contributed by atoms with van der Waals surface area (Å²) in [6.07, 6.45) is 5.34. The van der Waals surface area contributed by atoms with Gasteiger partial charge < -0.3 is 5.73 Å². The molecule has 0 amide bonds. The van der Waals surface area contributed by atoms with Gasteiger partial charge in [0.25, 0.3) is 0 Å². The zero-order valence-corrected chi connectivity index (χ0v) is 10.5. The van der Waals surface area contributed by atoms with Crippen LogP contribution in [0.5, 0.6) is 0 Å². The quantitative estimate of drug-likeness (QED) is 0.809. The van der Waals surface area contributed by atoms with Gasteiger partial charge in [-0.05, 0) is 37.1 Å². The molecule has 0 radical (unpaired) electrons. The number of aromatic nitrogens is 1. The van der Waals surface area contributed by atoms with E-state index in [-0.39, 0.29) is 0 Å². The first kappa shape index (κ1) is 10.8. The van der Waals surface area contributed by atoms with Crippen molar-refractivity contribution < 1.29 is 0 Å². The summed E-state index contributed by atoms with van der Waals surface area (Å²) in [6, 6.07) is 7.97. The van der Waals surface area contributed by atoms with E-state index in [4.69, 9.17) is 10.7 Å². The second kappa shape index (κ2) is 4.49. The highest BCUT2D eigenvalue weighted by Crippen LogP contribution is 2.36. The zero-order valence-electron chi connectivity index (χ0n) is 9.73. The minimum atomic E-state index is 0.703. The van der Waals surface area contributed by atoms with Crippen LogP contribution < -0.4 is 5.73 Å². The molecule has 3 heteroatoms. The van der Waals surface area contributed by atoms with Crippen molar-refractivity contribution in [2.75, 3.05) is 5.73 Å². The summed E-state index contributed by atoms with van der Waals surface area (Å²) in [6.45, 7) is 0. The maximum Gasteiger partial charge on any atom is 0.123 e. The van der Waals surface area contributed by atoms with E-state index >= 15 is 0 Å². The van der Waals surface area contributed by atoms with E-state index in [1.54, 1.807) is 11.3 Å². The minimum Gasteiger partial charge on any atom is -0.399 e. The van der Waals surface area contributed by atoms with Crippen LogP contribution >= 0.6 is 11.3 Å². The lowest BCUT2D eigenvalue weighted by molar-refractivity contribution is 0.704. The molecule has 2 N–H and O–H groups in total. The normalized spacial score (nSPS) is 16.5. The Kier molecular flexibility index (Phi) is 2.85. The van der Waals surface area contributed by atoms with Crippen molar-refractivity contribution >= 4 is 17.0 Å². The molecule has 88 valence electrons. The average molecular weight is 244 g/mol. The molecule has 0 unspecified atom stereocenters. The highest BCUT2D eigenvalue weighted by Gasteiger charge is 2.19. The smallest absolute Gasteiger partial charge is 0.123 e. The molecule has 0 bridgehead atoms. The first-order valence-electron chi connectivity index (χ1n) is 6.14. The van der Waals surface area contributed by atoms with Gasteiger partial charge in [-0.2, -0.15) is 0 Å². The molecule has 3 rings (SSSR count). The fourth-order valence-corrected chi connectivity index (χ4v) is 3.36. The van der Waals surface area contributed by atoms with Crippen LogP contribution in [-0.4, -0.2) is 4.98 Å². The summed E-state index contributed by atoms with van der Waals surface area (Å²) in [5.74, 6) is 0.703. The van der Waals surface area contributed by atoms with Crippen LogP contribution in [0.3, 0.4) is 0 Å². The molecule has 1 aromatic carbocycles. The van der Waals surface area contributed by atoms with E-state index in [1.807, 2.05) is 24.3 Å². The van der Waals surface area contributed by atoms with Crippen molar-refractivity contribution in [2.24, 2.45) is 0 Å². The van der Waals surface area contributed by atoms with Crippen LogP contribution in [0.1, 0.15) is 37.3 Å². The Morgan fingerprint density at radius 2 is 1.82 bits per heavy atom. The van der Waals surface area contributed by atoms with Crippen LogP contribution in [-0.2, 0) is 0 Å². The number of nitrogens with zero attached hydrogens (tertiary/aromatic N) is 1. The molecule has 2 nitrogen and oxygen atoms in total. The average Bonchev–Trinajstić information content (AvgIpc) is 3.00. The van der Waals surface area contributed by atoms with Gasteiger partial charge in [-0.1, -0.05) is 12.8 Å². The summed E-state index contributed by atoms with van der Waals surface area (Å²) in [5.41, 5.74) is 8.96. The van der Waals surface area contributed by atoms with Crippen LogP contribution in [0.15, 0.2) is 29.6 Å². The molecular weight excluding hydrogens is 228 g/mol. The predicted octanol–water partition coefficient (Wildman–Crippen LogP) is 4.05. The first-order valence-corrected chi connectivity index (χ1v) is 7.02. The second-order valence-corrected chi connectivity index (χ2v) is 5.54. The molecule has 1 fully saturated rings. The van der Waals surface area contributed by atoms with Gasteiger partial charge >= 0.3 is 0 Å². The number of rotatable bonds is 2. The first-order chi connectivity index (χ1) is 8.33. The molecule has 1 aromatic heterocycles. The summed E-state index contributed by atoms with van der Waals surface area (Å²) < 4.78 is 0. The molecule has 0 aliphatic heterocycles. The van der Waals surface area contributed by atoms with Gasteiger partial charge in [0.15, 0.2) is 0 Å². The number of anilines is 1. The van der Waals surface area contributed by atoms with Crippen molar-refractivity contribution in [1.29, 1.82) is 0 Å². The Balaban J connectivity index is 1.86. The molecule has 0 saturated heterocycles. The van der Waals surface area contributed by atoms with Crippen molar-refractivity contribution in [2.45, 2.75) is 31.6 Å². The Morgan fingerprint density at radius 1 is 1.12 bits per heavy atom. The molecule has 2 aromatic rings. The summed E-state index contributed by atoms with van der Waals surface area (Å²) >= 11 is 1.74. The molecule has 1 heterocycles. The molecule has 0 spiro atoms. The van der Waals surface area contributed by atoms with Gasteiger partial charge in [0.2, 0.25) is 0 Å². The zero-order chi connectivity index (χ0) is 11.7. The summed E-state index contributed by atoms with van der Waals surface area (Å²) in [5, 5.41) is 3.34. The third-order valence-corrected chi connectivity index (χ3v) is 4.36. The number of benzene rings is 1. The van der Waals surface area contributed by atoms with Crippen LogP contribution in [0.25, 0.3) is 10.6 Å².